The Labute approximate surface area is 93.2 Å². The Balaban J connectivity index is 2.32. The zero-order valence-corrected chi connectivity index (χ0v) is 9.96. The first-order valence-corrected chi connectivity index (χ1v) is 5.65. The maximum absolute atomic E-state index is 3.39. The molecule has 0 aliphatic rings. The highest BCUT2D eigenvalue weighted by Crippen LogP contribution is 2.05. The Morgan fingerprint density at radius 2 is 2.13 bits per heavy atom. The standard InChI is InChI=1S/C14H21N/c1-12(2)15-10-5-4-8-14-9-6-7-13(3)11-14/h4,6-9,11-12,15H,5,10H2,1-3H3. The SMILES string of the molecule is Cc1cccc(C=CCCNC(C)C)c1. The number of hydrogen-bond acceptors (Lipinski definition) is 1. The van der Waals surface area contributed by atoms with Crippen LogP contribution < -0.4 is 5.32 Å². The monoisotopic (exact) mass is 203 g/mol. The highest BCUT2D eigenvalue weighted by atomic mass is 14.9. The van der Waals surface area contributed by atoms with Gasteiger partial charge < -0.3 is 5.32 Å². The van der Waals surface area contributed by atoms with Gasteiger partial charge in [-0.1, -0.05) is 55.8 Å². The molecule has 0 aromatic heterocycles. The molecule has 1 aromatic rings. The molecule has 15 heavy (non-hydrogen) atoms. The molecule has 0 atom stereocenters. The molecular formula is C14H21N. The van der Waals surface area contributed by atoms with E-state index in [9.17, 15) is 0 Å². The summed E-state index contributed by atoms with van der Waals surface area (Å²) >= 11 is 0. The summed E-state index contributed by atoms with van der Waals surface area (Å²) < 4.78 is 0. The Morgan fingerprint density at radius 1 is 1.33 bits per heavy atom. The third kappa shape index (κ3) is 5.38. The van der Waals surface area contributed by atoms with Gasteiger partial charge in [0, 0.05) is 6.04 Å². The minimum absolute atomic E-state index is 0.581. The van der Waals surface area contributed by atoms with Gasteiger partial charge in [0.1, 0.15) is 0 Å². The highest BCUT2D eigenvalue weighted by Gasteiger charge is 1.89. The second-order valence-electron chi connectivity index (χ2n) is 4.21. The third-order valence-electron chi connectivity index (χ3n) is 2.22. The fraction of sp³-hybridized carbons (Fsp3) is 0.429. The first-order chi connectivity index (χ1) is 7.18. The molecule has 0 amide bonds. The zero-order valence-electron chi connectivity index (χ0n) is 9.96. The van der Waals surface area contributed by atoms with Crippen LogP contribution in [0.25, 0.3) is 6.08 Å². The van der Waals surface area contributed by atoms with Crippen molar-refractivity contribution in [2.75, 3.05) is 6.54 Å². The average Bonchev–Trinajstić information content (AvgIpc) is 2.17. The van der Waals surface area contributed by atoms with Crippen molar-refractivity contribution in [1.82, 2.24) is 5.32 Å². The molecule has 0 saturated carbocycles. The summed E-state index contributed by atoms with van der Waals surface area (Å²) in [7, 11) is 0. The first-order valence-electron chi connectivity index (χ1n) is 5.65. The summed E-state index contributed by atoms with van der Waals surface area (Å²) in [6.07, 6.45) is 5.51. The van der Waals surface area contributed by atoms with Crippen molar-refractivity contribution < 1.29 is 0 Å². The zero-order chi connectivity index (χ0) is 11.1. The second kappa shape index (κ2) is 6.41. The Bertz CT molecular complexity index is 313. The first kappa shape index (κ1) is 12.0. The van der Waals surface area contributed by atoms with Gasteiger partial charge in [0.05, 0.1) is 0 Å². The van der Waals surface area contributed by atoms with Crippen LogP contribution in [0.1, 0.15) is 31.4 Å². The largest absolute Gasteiger partial charge is 0.314 e. The maximum Gasteiger partial charge on any atom is 0.00105 e. The summed E-state index contributed by atoms with van der Waals surface area (Å²) in [6, 6.07) is 9.14. The van der Waals surface area contributed by atoms with Crippen LogP contribution in [0.15, 0.2) is 30.3 Å². The van der Waals surface area contributed by atoms with Crippen molar-refractivity contribution in [2.24, 2.45) is 0 Å². The summed E-state index contributed by atoms with van der Waals surface area (Å²) in [4.78, 5) is 0. The highest BCUT2D eigenvalue weighted by molar-refractivity contribution is 5.49. The number of rotatable bonds is 5. The van der Waals surface area contributed by atoms with Gasteiger partial charge in [-0.3, -0.25) is 0 Å². The number of hydrogen-bond donors (Lipinski definition) is 1. The Kier molecular flexibility index (Phi) is 5.13. The van der Waals surface area contributed by atoms with Crippen molar-refractivity contribution in [3.63, 3.8) is 0 Å². The van der Waals surface area contributed by atoms with E-state index in [4.69, 9.17) is 0 Å². The van der Waals surface area contributed by atoms with Gasteiger partial charge in [-0.05, 0) is 25.5 Å². The Hall–Kier alpha value is -1.08. The molecule has 0 spiro atoms. The molecule has 1 N–H and O–H groups in total. The lowest BCUT2D eigenvalue weighted by molar-refractivity contribution is 0.595. The molecule has 1 aromatic carbocycles. The predicted octanol–water partition coefficient (Wildman–Crippen LogP) is 3.40. The molecule has 0 heterocycles. The van der Waals surface area contributed by atoms with Gasteiger partial charge in [0.2, 0.25) is 0 Å². The van der Waals surface area contributed by atoms with Crippen LogP contribution in [-0.2, 0) is 0 Å². The van der Waals surface area contributed by atoms with Gasteiger partial charge in [0.25, 0.3) is 0 Å². The summed E-state index contributed by atoms with van der Waals surface area (Å²) in [5, 5.41) is 3.39. The van der Waals surface area contributed by atoms with E-state index in [2.05, 4.69) is 62.5 Å². The van der Waals surface area contributed by atoms with Crippen molar-refractivity contribution in [3.05, 3.63) is 41.5 Å². The molecule has 1 heteroatoms. The number of nitrogens with one attached hydrogen (secondary N) is 1. The van der Waals surface area contributed by atoms with Crippen LogP contribution in [0, 0.1) is 6.92 Å². The molecule has 0 unspecified atom stereocenters. The van der Waals surface area contributed by atoms with Gasteiger partial charge >= 0.3 is 0 Å². The lowest BCUT2D eigenvalue weighted by Crippen LogP contribution is -2.23. The topological polar surface area (TPSA) is 12.0 Å². The molecule has 0 aliphatic heterocycles. The van der Waals surface area contributed by atoms with Gasteiger partial charge in [-0.2, -0.15) is 0 Å². The van der Waals surface area contributed by atoms with Crippen LogP contribution in [-0.4, -0.2) is 12.6 Å². The van der Waals surface area contributed by atoms with E-state index >= 15 is 0 Å². The van der Waals surface area contributed by atoms with Crippen LogP contribution in [0.3, 0.4) is 0 Å². The molecule has 0 saturated heterocycles. The molecule has 0 aliphatic carbocycles. The fourth-order valence-electron chi connectivity index (χ4n) is 1.45. The number of aryl methyl sites for hydroxylation is 1. The van der Waals surface area contributed by atoms with E-state index in [1.165, 1.54) is 11.1 Å². The van der Waals surface area contributed by atoms with Crippen molar-refractivity contribution in [3.8, 4) is 0 Å². The molecule has 0 fully saturated rings. The van der Waals surface area contributed by atoms with Crippen LogP contribution in [0.2, 0.25) is 0 Å². The smallest absolute Gasteiger partial charge is 0.00105 e. The molecule has 82 valence electrons. The van der Waals surface area contributed by atoms with Crippen molar-refractivity contribution in [2.45, 2.75) is 33.2 Å². The van der Waals surface area contributed by atoms with Crippen LogP contribution >= 0.6 is 0 Å². The van der Waals surface area contributed by atoms with Crippen LogP contribution in [0.5, 0.6) is 0 Å². The predicted molar refractivity (Wildman–Crippen MR) is 68.0 cm³/mol. The van der Waals surface area contributed by atoms with Crippen molar-refractivity contribution >= 4 is 6.08 Å². The molecule has 0 radical (unpaired) electrons. The van der Waals surface area contributed by atoms with E-state index in [1.807, 2.05) is 0 Å². The fourth-order valence-corrected chi connectivity index (χ4v) is 1.45. The van der Waals surface area contributed by atoms with E-state index in [0.717, 1.165) is 13.0 Å². The lowest BCUT2D eigenvalue weighted by atomic mass is 10.1. The quantitative estimate of drug-likeness (QED) is 0.723. The van der Waals surface area contributed by atoms with Gasteiger partial charge in [-0.25, -0.2) is 0 Å². The molecular weight excluding hydrogens is 182 g/mol. The third-order valence-corrected chi connectivity index (χ3v) is 2.22. The maximum atomic E-state index is 3.39. The van der Waals surface area contributed by atoms with E-state index in [0.29, 0.717) is 6.04 Å². The molecule has 1 nitrogen and oxygen atoms in total. The van der Waals surface area contributed by atoms with E-state index in [-0.39, 0.29) is 0 Å². The van der Waals surface area contributed by atoms with Crippen molar-refractivity contribution in [1.29, 1.82) is 0 Å². The second-order valence-corrected chi connectivity index (χ2v) is 4.21. The number of benzene rings is 1. The normalized spacial score (nSPS) is 11.5. The Morgan fingerprint density at radius 3 is 2.80 bits per heavy atom. The minimum atomic E-state index is 0.581. The summed E-state index contributed by atoms with van der Waals surface area (Å²) in [5.41, 5.74) is 2.61. The van der Waals surface area contributed by atoms with Crippen LogP contribution in [0.4, 0.5) is 0 Å². The molecule has 0 bridgehead atoms. The minimum Gasteiger partial charge on any atom is -0.314 e. The van der Waals surface area contributed by atoms with E-state index < -0.39 is 0 Å². The lowest BCUT2D eigenvalue weighted by Gasteiger charge is -2.04. The summed E-state index contributed by atoms with van der Waals surface area (Å²) in [6.45, 7) is 7.52. The summed E-state index contributed by atoms with van der Waals surface area (Å²) in [5.74, 6) is 0. The van der Waals surface area contributed by atoms with Gasteiger partial charge in [-0.15, -0.1) is 0 Å². The van der Waals surface area contributed by atoms with E-state index in [1.54, 1.807) is 0 Å². The van der Waals surface area contributed by atoms with Gasteiger partial charge in [0.15, 0.2) is 0 Å². The average molecular weight is 203 g/mol. The molecule has 1 rings (SSSR count).